The lowest BCUT2D eigenvalue weighted by molar-refractivity contribution is -0.137. The standard InChI is InChI=1S/C14H10F3N3/c1-9-5-4-8-12-18-19-13(20(9)12)10-6-2-3-7-11(10)14(15,16)17/h2-8H,1H3. The molecule has 0 unspecified atom stereocenters. The van der Waals surface area contributed by atoms with Crippen molar-refractivity contribution in [2.24, 2.45) is 0 Å². The summed E-state index contributed by atoms with van der Waals surface area (Å²) in [5.41, 5.74) is 0.621. The second-order valence-electron chi connectivity index (χ2n) is 4.43. The second kappa shape index (κ2) is 4.33. The summed E-state index contributed by atoms with van der Waals surface area (Å²) in [6.07, 6.45) is -4.43. The molecule has 102 valence electrons. The number of hydrogen-bond acceptors (Lipinski definition) is 2. The third-order valence-electron chi connectivity index (χ3n) is 3.10. The van der Waals surface area contributed by atoms with Crippen LogP contribution in [0.4, 0.5) is 13.2 Å². The van der Waals surface area contributed by atoms with Crippen LogP contribution >= 0.6 is 0 Å². The number of hydrogen-bond donors (Lipinski definition) is 0. The van der Waals surface area contributed by atoms with E-state index in [4.69, 9.17) is 0 Å². The number of pyridine rings is 1. The van der Waals surface area contributed by atoms with Crippen molar-refractivity contribution in [2.45, 2.75) is 13.1 Å². The molecule has 3 nitrogen and oxygen atoms in total. The average molecular weight is 277 g/mol. The normalized spacial score (nSPS) is 12.0. The molecule has 0 spiro atoms. The van der Waals surface area contributed by atoms with Gasteiger partial charge in [-0.2, -0.15) is 13.2 Å². The Morgan fingerprint density at radius 2 is 1.70 bits per heavy atom. The summed E-state index contributed by atoms with van der Waals surface area (Å²) in [4.78, 5) is 0. The summed E-state index contributed by atoms with van der Waals surface area (Å²) in [5.74, 6) is 0.200. The van der Waals surface area contributed by atoms with Gasteiger partial charge >= 0.3 is 6.18 Å². The van der Waals surface area contributed by atoms with Gasteiger partial charge in [-0.25, -0.2) is 0 Å². The number of aromatic nitrogens is 3. The molecular weight excluding hydrogens is 267 g/mol. The Balaban J connectivity index is 2.33. The fourth-order valence-corrected chi connectivity index (χ4v) is 2.20. The molecule has 3 aromatic rings. The van der Waals surface area contributed by atoms with Gasteiger partial charge < -0.3 is 0 Å². The smallest absolute Gasteiger partial charge is 0.280 e. The molecule has 1 aromatic carbocycles. The Bertz CT molecular complexity index is 775. The maximum atomic E-state index is 13.1. The summed E-state index contributed by atoms with van der Waals surface area (Å²) in [5, 5.41) is 7.84. The fraction of sp³-hybridized carbons (Fsp3) is 0.143. The summed E-state index contributed by atoms with van der Waals surface area (Å²) in [6.45, 7) is 1.80. The molecular formula is C14H10F3N3. The summed E-state index contributed by atoms with van der Waals surface area (Å²) < 4.78 is 40.9. The molecule has 0 amide bonds. The van der Waals surface area contributed by atoms with Gasteiger partial charge in [0.2, 0.25) is 0 Å². The minimum atomic E-state index is -4.43. The molecule has 6 heteroatoms. The topological polar surface area (TPSA) is 30.2 Å². The molecule has 0 bridgehead atoms. The number of aryl methyl sites for hydroxylation is 1. The molecule has 20 heavy (non-hydrogen) atoms. The third-order valence-corrected chi connectivity index (χ3v) is 3.10. The molecule has 2 aromatic heterocycles. The van der Waals surface area contributed by atoms with Crippen molar-refractivity contribution in [1.82, 2.24) is 14.6 Å². The zero-order chi connectivity index (χ0) is 14.3. The third kappa shape index (κ3) is 1.93. The molecule has 0 aliphatic rings. The Morgan fingerprint density at radius 1 is 0.950 bits per heavy atom. The lowest BCUT2D eigenvalue weighted by Crippen LogP contribution is -2.08. The van der Waals surface area contributed by atoms with Crippen molar-refractivity contribution < 1.29 is 13.2 Å². The molecule has 0 saturated carbocycles. The highest BCUT2D eigenvalue weighted by Crippen LogP contribution is 2.36. The first-order valence-corrected chi connectivity index (χ1v) is 5.96. The van der Waals surface area contributed by atoms with E-state index in [1.54, 1.807) is 35.6 Å². The van der Waals surface area contributed by atoms with Gasteiger partial charge in [-0.1, -0.05) is 24.3 Å². The maximum absolute atomic E-state index is 13.1. The van der Waals surface area contributed by atoms with Crippen LogP contribution in [0.25, 0.3) is 17.0 Å². The molecule has 0 saturated heterocycles. The van der Waals surface area contributed by atoms with Gasteiger partial charge in [-0.05, 0) is 25.1 Å². The Labute approximate surface area is 112 Å². The van der Waals surface area contributed by atoms with Crippen LogP contribution in [0.1, 0.15) is 11.3 Å². The first-order valence-electron chi connectivity index (χ1n) is 5.96. The number of alkyl halides is 3. The highest BCUT2D eigenvalue weighted by molar-refractivity contribution is 5.64. The van der Waals surface area contributed by atoms with Crippen molar-refractivity contribution in [3.05, 3.63) is 53.7 Å². The predicted octanol–water partition coefficient (Wildman–Crippen LogP) is 3.72. The van der Waals surface area contributed by atoms with Crippen molar-refractivity contribution >= 4 is 5.65 Å². The Hall–Kier alpha value is -2.37. The summed E-state index contributed by atoms with van der Waals surface area (Å²) in [7, 11) is 0. The van der Waals surface area contributed by atoms with Crippen LogP contribution in [0, 0.1) is 6.92 Å². The van der Waals surface area contributed by atoms with E-state index < -0.39 is 11.7 Å². The van der Waals surface area contributed by atoms with E-state index in [1.807, 2.05) is 0 Å². The first-order chi connectivity index (χ1) is 9.48. The molecule has 0 aliphatic carbocycles. The molecule has 2 heterocycles. The van der Waals surface area contributed by atoms with E-state index in [-0.39, 0.29) is 11.4 Å². The first kappa shape index (κ1) is 12.7. The Morgan fingerprint density at radius 3 is 2.45 bits per heavy atom. The van der Waals surface area contributed by atoms with E-state index in [0.717, 1.165) is 11.8 Å². The summed E-state index contributed by atoms with van der Waals surface area (Å²) >= 11 is 0. The van der Waals surface area contributed by atoms with Crippen LogP contribution < -0.4 is 0 Å². The fourth-order valence-electron chi connectivity index (χ4n) is 2.20. The SMILES string of the molecule is Cc1cccc2nnc(-c3ccccc3C(F)(F)F)n12. The summed E-state index contributed by atoms with van der Waals surface area (Å²) in [6, 6.07) is 10.7. The highest BCUT2D eigenvalue weighted by atomic mass is 19.4. The number of halogens is 3. The molecule has 3 rings (SSSR count). The molecule has 0 atom stereocenters. The van der Waals surface area contributed by atoms with Gasteiger partial charge in [0.1, 0.15) is 0 Å². The number of nitrogens with zero attached hydrogens (tertiary/aromatic N) is 3. The van der Waals surface area contributed by atoms with E-state index in [0.29, 0.717) is 5.65 Å². The van der Waals surface area contributed by atoms with Crippen LogP contribution in [0.2, 0.25) is 0 Å². The van der Waals surface area contributed by atoms with Crippen LogP contribution in [-0.2, 0) is 6.18 Å². The number of benzene rings is 1. The van der Waals surface area contributed by atoms with Crippen LogP contribution in [0.5, 0.6) is 0 Å². The largest absolute Gasteiger partial charge is 0.417 e. The van der Waals surface area contributed by atoms with Crippen LogP contribution in [0.15, 0.2) is 42.5 Å². The second-order valence-corrected chi connectivity index (χ2v) is 4.43. The van der Waals surface area contributed by atoms with Crippen molar-refractivity contribution in [3.63, 3.8) is 0 Å². The lowest BCUT2D eigenvalue weighted by atomic mass is 10.1. The molecule has 0 N–H and O–H groups in total. The lowest BCUT2D eigenvalue weighted by Gasteiger charge is -2.12. The maximum Gasteiger partial charge on any atom is 0.417 e. The van der Waals surface area contributed by atoms with Gasteiger partial charge in [0.25, 0.3) is 0 Å². The highest BCUT2D eigenvalue weighted by Gasteiger charge is 2.34. The number of fused-ring (bicyclic) bond motifs is 1. The van der Waals surface area contributed by atoms with Crippen LogP contribution in [-0.4, -0.2) is 14.6 Å². The molecule has 0 radical (unpaired) electrons. The Kier molecular flexibility index (Phi) is 2.74. The molecule has 0 fully saturated rings. The van der Waals surface area contributed by atoms with Crippen molar-refractivity contribution in [3.8, 4) is 11.4 Å². The van der Waals surface area contributed by atoms with Crippen molar-refractivity contribution in [2.75, 3.05) is 0 Å². The van der Waals surface area contributed by atoms with Gasteiger partial charge in [0, 0.05) is 11.3 Å². The minimum absolute atomic E-state index is 0.0294. The van der Waals surface area contributed by atoms with E-state index in [2.05, 4.69) is 10.2 Å². The van der Waals surface area contributed by atoms with E-state index in [1.165, 1.54) is 12.1 Å². The zero-order valence-corrected chi connectivity index (χ0v) is 10.5. The average Bonchev–Trinajstić information content (AvgIpc) is 2.83. The van der Waals surface area contributed by atoms with Gasteiger partial charge in [0.15, 0.2) is 11.5 Å². The van der Waals surface area contributed by atoms with Crippen molar-refractivity contribution in [1.29, 1.82) is 0 Å². The quantitative estimate of drug-likeness (QED) is 0.678. The minimum Gasteiger partial charge on any atom is -0.280 e. The van der Waals surface area contributed by atoms with Gasteiger partial charge in [-0.3, -0.25) is 4.40 Å². The van der Waals surface area contributed by atoms with E-state index in [9.17, 15) is 13.2 Å². The predicted molar refractivity (Wildman–Crippen MR) is 68.2 cm³/mol. The van der Waals surface area contributed by atoms with Gasteiger partial charge in [-0.15, -0.1) is 10.2 Å². The number of rotatable bonds is 1. The zero-order valence-electron chi connectivity index (χ0n) is 10.5. The van der Waals surface area contributed by atoms with Crippen LogP contribution in [0.3, 0.4) is 0 Å². The van der Waals surface area contributed by atoms with Gasteiger partial charge in [0.05, 0.1) is 5.56 Å². The monoisotopic (exact) mass is 277 g/mol. The van der Waals surface area contributed by atoms with E-state index >= 15 is 0 Å². The molecule has 0 aliphatic heterocycles.